The van der Waals surface area contributed by atoms with Crippen molar-refractivity contribution in [2.24, 2.45) is 0 Å². The van der Waals surface area contributed by atoms with E-state index in [0.717, 1.165) is 56.6 Å². The molecule has 0 saturated carbocycles. The molecule has 6 bridgehead atoms. The smallest absolute Gasteiger partial charge is 0.308 e. The van der Waals surface area contributed by atoms with Crippen molar-refractivity contribution in [2.75, 3.05) is 24.6 Å². The summed E-state index contributed by atoms with van der Waals surface area (Å²) in [5, 5.41) is 9.77. The number of aryl methyl sites for hydroxylation is 1. The largest absolute Gasteiger partial charge is 0.490 e. The van der Waals surface area contributed by atoms with E-state index in [2.05, 4.69) is 11.8 Å². The third kappa shape index (κ3) is 5.57. The zero-order valence-corrected chi connectivity index (χ0v) is 24.4. The van der Waals surface area contributed by atoms with Crippen molar-refractivity contribution >= 4 is 17.6 Å². The van der Waals surface area contributed by atoms with Gasteiger partial charge in [0.25, 0.3) is 0 Å². The molecule has 9 heteroatoms. The predicted molar refractivity (Wildman–Crippen MR) is 160 cm³/mol. The number of benzene rings is 2. The third-order valence-corrected chi connectivity index (χ3v) is 8.54. The first-order chi connectivity index (χ1) is 20.2. The quantitative estimate of drug-likeness (QED) is 0.295. The summed E-state index contributed by atoms with van der Waals surface area (Å²) in [4.78, 5) is 23.7. The summed E-state index contributed by atoms with van der Waals surface area (Å²) in [6.45, 7) is 8.15. The molecule has 4 aromatic rings. The number of ether oxygens (including phenoxy) is 2. The summed E-state index contributed by atoms with van der Waals surface area (Å²) in [5.74, 6) is 0.562. The van der Waals surface area contributed by atoms with Crippen LogP contribution in [-0.2, 0) is 16.0 Å². The number of nitrogens with zero attached hydrogens (tertiary/aromatic N) is 4. The molecule has 3 aliphatic heterocycles. The van der Waals surface area contributed by atoms with Crippen molar-refractivity contribution in [3.63, 3.8) is 0 Å². The fourth-order valence-electron chi connectivity index (χ4n) is 6.15. The predicted octanol–water partition coefficient (Wildman–Crippen LogP) is 6.46. The van der Waals surface area contributed by atoms with Crippen molar-refractivity contribution in [1.82, 2.24) is 14.4 Å². The Morgan fingerprint density at radius 1 is 1.12 bits per heavy atom. The first kappa shape index (κ1) is 28.2. The minimum absolute atomic E-state index is 0.0793. The SMILES string of the molecule is Cc1nc2nc3cn2c(c1CC(=O)O)N1CCC(C)(CC1)OCCCCC(C)Oc1cccc(F)c1-c1cccc-3c1. The molecule has 0 radical (unpaired) electrons. The molecule has 42 heavy (non-hydrogen) atoms. The Kier molecular flexibility index (Phi) is 7.62. The van der Waals surface area contributed by atoms with Crippen LogP contribution in [0.3, 0.4) is 0 Å². The molecular weight excluding hydrogens is 535 g/mol. The highest BCUT2D eigenvalue weighted by Crippen LogP contribution is 2.37. The molecule has 1 fully saturated rings. The van der Waals surface area contributed by atoms with Crippen LogP contribution in [0.1, 0.15) is 57.2 Å². The normalized spacial score (nSPS) is 21.2. The number of piperidine rings is 1. The number of aromatic nitrogens is 3. The van der Waals surface area contributed by atoms with Crippen molar-refractivity contribution in [3.05, 3.63) is 65.7 Å². The lowest BCUT2D eigenvalue weighted by atomic mass is 9.92. The number of rotatable bonds is 2. The van der Waals surface area contributed by atoms with Crippen molar-refractivity contribution in [2.45, 2.75) is 71.0 Å². The van der Waals surface area contributed by atoms with Crippen LogP contribution in [0.5, 0.6) is 5.75 Å². The highest BCUT2D eigenvalue weighted by Gasteiger charge is 2.33. The van der Waals surface area contributed by atoms with Gasteiger partial charge in [-0.05, 0) is 76.6 Å². The van der Waals surface area contributed by atoms with Crippen molar-refractivity contribution in [1.29, 1.82) is 0 Å². The lowest BCUT2D eigenvalue weighted by molar-refractivity contribution is -0.136. The molecular formula is C33H37FN4O4. The van der Waals surface area contributed by atoms with Crippen LogP contribution in [0.4, 0.5) is 10.2 Å². The van der Waals surface area contributed by atoms with Gasteiger partial charge in [-0.3, -0.25) is 9.20 Å². The molecule has 7 rings (SSSR count). The molecule has 1 saturated heterocycles. The van der Waals surface area contributed by atoms with Gasteiger partial charge in [0, 0.05) is 42.7 Å². The molecule has 3 aliphatic rings. The topological polar surface area (TPSA) is 89.2 Å². The van der Waals surface area contributed by atoms with Gasteiger partial charge >= 0.3 is 5.97 Å². The summed E-state index contributed by atoms with van der Waals surface area (Å²) in [7, 11) is 0. The zero-order valence-electron chi connectivity index (χ0n) is 24.4. The van der Waals surface area contributed by atoms with E-state index in [0.29, 0.717) is 46.2 Å². The Bertz CT molecular complexity index is 1630. The minimum atomic E-state index is -0.905. The maximum Gasteiger partial charge on any atom is 0.308 e. The van der Waals surface area contributed by atoms with Crippen LogP contribution in [0.2, 0.25) is 0 Å². The molecule has 0 spiro atoms. The second kappa shape index (κ2) is 11.4. The minimum Gasteiger partial charge on any atom is -0.490 e. The summed E-state index contributed by atoms with van der Waals surface area (Å²) < 4.78 is 29.9. The Hall–Kier alpha value is -3.98. The van der Waals surface area contributed by atoms with E-state index in [9.17, 15) is 9.90 Å². The lowest BCUT2D eigenvalue weighted by Gasteiger charge is -2.41. The Morgan fingerprint density at radius 3 is 2.67 bits per heavy atom. The van der Waals surface area contributed by atoms with Gasteiger partial charge in [-0.2, -0.15) is 0 Å². The summed E-state index contributed by atoms with van der Waals surface area (Å²) in [5.41, 5.74) is 3.67. The molecule has 5 heterocycles. The van der Waals surface area contributed by atoms with Gasteiger partial charge in [0.1, 0.15) is 17.4 Å². The average molecular weight is 573 g/mol. The number of halogens is 1. The average Bonchev–Trinajstić information content (AvgIpc) is 3.37. The van der Waals surface area contributed by atoms with E-state index >= 15 is 4.39 Å². The number of fused-ring (bicyclic) bond motifs is 8. The zero-order chi connectivity index (χ0) is 29.4. The number of carbonyl (C=O) groups is 1. The number of imidazole rings is 1. The second-order valence-corrected chi connectivity index (χ2v) is 11.8. The number of carboxylic acids is 1. The van der Waals surface area contributed by atoms with Gasteiger partial charge in [-0.1, -0.05) is 24.3 Å². The number of anilines is 1. The van der Waals surface area contributed by atoms with Gasteiger partial charge < -0.3 is 19.5 Å². The number of aliphatic carboxylic acids is 1. The second-order valence-electron chi connectivity index (χ2n) is 11.8. The maximum atomic E-state index is 15.3. The van der Waals surface area contributed by atoms with Gasteiger partial charge in [0.2, 0.25) is 5.78 Å². The van der Waals surface area contributed by atoms with Crippen LogP contribution >= 0.6 is 0 Å². The summed E-state index contributed by atoms with van der Waals surface area (Å²) in [6.07, 6.45) is 6.04. The van der Waals surface area contributed by atoms with E-state index in [1.165, 1.54) is 6.07 Å². The molecule has 220 valence electrons. The van der Waals surface area contributed by atoms with Crippen LogP contribution < -0.4 is 9.64 Å². The fourth-order valence-corrected chi connectivity index (χ4v) is 6.15. The van der Waals surface area contributed by atoms with E-state index in [1.807, 2.05) is 54.8 Å². The maximum absolute atomic E-state index is 15.3. The molecule has 2 aromatic carbocycles. The molecule has 0 amide bonds. The van der Waals surface area contributed by atoms with E-state index in [1.54, 1.807) is 6.07 Å². The highest BCUT2D eigenvalue weighted by molar-refractivity contribution is 5.77. The first-order valence-corrected chi connectivity index (χ1v) is 14.8. The Labute approximate surface area is 245 Å². The van der Waals surface area contributed by atoms with Crippen LogP contribution in [0, 0.1) is 12.7 Å². The molecule has 2 aromatic heterocycles. The monoisotopic (exact) mass is 572 g/mol. The number of carboxylic acid groups (broad SMARTS) is 1. The molecule has 0 aliphatic carbocycles. The van der Waals surface area contributed by atoms with Crippen LogP contribution in [-0.4, -0.2) is 56.8 Å². The third-order valence-electron chi connectivity index (χ3n) is 8.54. The van der Waals surface area contributed by atoms with E-state index in [-0.39, 0.29) is 23.9 Å². The summed E-state index contributed by atoms with van der Waals surface area (Å²) in [6, 6.07) is 12.6. The first-order valence-electron chi connectivity index (χ1n) is 14.8. The Balaban J connectivity index is 1.50. The van der Waals surface area contributed by atoms with Crippen LogP contribution in [0.15, 0.2) is 48.7 Å². The molecule has 8 nitrogen and oxygen atoms in total. The van der Waals surface area contributed by atoms with E-state index in [4.69, 9.17) is 19.4 Å². The fraction of sp³-hybridized carbons (Fsp3) is 0.424. The molecule has 1 unspecified atom stereocenters. The Morgan fingerprint density at radius 2 is 1.88 bits per heavy atom. The van der Waals surface area contributed by atoms with Gasteiger partial charge in [0.05, 0.1) is 29.4 Å². The number of hydrogen-bond donors (Lipinski definition) is 1. The van der Waals surface area contributed by atoms with Gasteiger partial charge in [-0.15, -0.1) is 0 Å². The molecule has 1 N–H and O–H groups in total. The summed E-state index contributed by atoms with van der Waals surface area (Å²) >= 11 is 0. The van der Waals surface area contributed by atoms with Gasteiger partial charge in [0.15, 0.2) is 0 Å². The van der Waals surface area contributed by atoms with Crippen LogP contribution in [0.25, 0.3) is 28.2 Å². The molecule has 1 atom stereocenters. The van der Waals surface area contributed by atoms with E-state index < -0.39 is 5.97 Å². The lowest BCUT2D eigenvalue weighted by Crippen LogP contribution is -2.45. The van der Waals surface area contributed by atoms with Crippen molar-refractivity contribution in [3.8, 4) is 28.1 Å². The number of hydrogen-bond acceptors (Lipinski definition) is 6. The van der Waals surface area contributed by atoms with Gasteiger partial charge in [-0.25, -0.2) is 14.4 Å². The standard InChI is InChI=1S/C33H37FN4O4/c1-21-8-4-5-17-41-33(3)13-15-37(16-14-33)31-25(19-29(39)40)22(2)35-32-36-27(20-38(31)32)23-9-6-10-24(18-23)30-26(34)11-7-12-28(30)42-21/h6-7,9-12,18,20-21H,4-5,8,13-17,19H2,1-3H3,(H,39,40). The van der Waals surface area contributed by atoms with Crippen molar-refractivity contribution < 1.29 is 23.8 Å². The highest BCUT2D eigenvalue weighted by atomic mass is 19.1.